The number of hydrogen-bond donors (Lipinski definition) is 2. The Labute approximate surface area is 322 Å². The van der Waals surface area contributed by atoms with E-state index in [0.29, 0.717) is 69.0 Å². The highest BCUT2D eigenvalue weighted by Crippen LogP contribution is 2.36. The number of thiazole rings is 2. The van der Waals surface area contributed by atoms with Crippen molar-refractivity contribution in [2.24, 2.45) is 0 Å². The Balaban J connectivity index is 0.000000167. The van der Waals surface area contributed by atoms with Gasteiger partial charge in [-0.25, -0.2) is 9.97 Å². The highest BCUT2D eigenvalue weighted by atomic mass is 32.1. The van der Waals surface area contributed by atoms with Gasteiger partial charge in [0.15, 0.2) is 0 Å². The number of aryl methyl sites for hydroxylation is 4. The van der Waals surface area contributed by atoms with Crippen molar-refractivity contribution in [2.75, 3.05) is 26.2 Å². The van der Waals surface area contributed by atoms with Gasteiger partial charge in [-0.1, -0.05) is 26.7 Å². The number of aromatic hydroxyl groups is 2. The monoisotopic (exact) mass is 768 g/mol. The molecule has 0 spiro atoms. The number of phenolic OH excluding ortho intramolecular Hbond substituents is 2. The van der Waals surface area contributed by atoms with Crippen LogP contribution >= 0.6 is 22.7 Å². The molecule has 4 aromatic heterocycles. The van der Waals surface area contributed by atoms with Gasteiger partial charge in [-0.15, -0.1) is 22.7 Å². The first kappa shape index (κ1) is 37.9. The van der Waals surface area contributed by atoms with Crippen LogP contribution in [0.2, 0.25) is 0 Å². The largest absolute Gasteiger partial charge is 0.507 e. The van der Waals surface area contributed by atoms with Gasteiger partial charge in [0.1, 0.15) is 45.2 Å². The summed E-state index contributed by atoms with van der Waals surface area (Å²) in [6.07, 6.45) is 15.0. The second-order valence-electron chi connectivity index (χ2n) is 14.4. The zero-order chi connectivity index (χ0) is 37.9. The summed E-state index contributed by atoms with van der Waals surface area (Å²) in [4.78, 5) is 41.8. The fourth-order valence-electron chi connectivity index (χ4n) is 7.55. The summed E-state index contributed by atoms with van der Waals surface area (Å²) in [6.45, 7) is 13.2. The summed E-state index contributed by atoms with van der Waals surface area (Å²) >= 11 is 2.96. The van der Waals surface area contributed by atoms with Crippen LogP contribution in [0.15, 0.2) is 55.5 Å². The van der Waals surface area contributed by atoms with Gasteiger partial charge < -0.3 is 19.0 Å². The van der Waals surface area contributed by atoms with Crippen LogP contribution in [0, 0.1) is 13.8 Å². The zero-order valence-electron chi connectivity index (χ0n) is 31.5. The first-order valence-corrected chi connectivity index (χ1v) is 20.7. The molecule has 0 atom stereocenters. The molecule has 2 saturated heterocycles. The molecule has 12 heteroatoms. The summed E-state index contributed by atoms with van der Waals surface area (Å²) < 4.78 is 11.8. The van der Waals surface area contributed by atoms with E-state index < -0.39 is 0 Å². The Kier molecular flexibility index (Phi) is 11.6. The fraction of sp³-hybridized carbons (Fsp3) is 0.429. The van der Waals surface area contributed by atoms with E-state index in [4.69, 9.17) is 8.83 Å². The van der Waals surface area contributed by atoms with Gasteiger partial charge in [0.05, 0.1) is 33.0 Å². The van der Waals surface area contributed by atoms with Crippen LogP contribution in [-0.2, 0) is 25.9 Å². The molecule has 54 heavy (non-hydrogen) atoms. The topological polar surface area (TPSA) is 133 Å². The van der Waals surface area contributed by atoms with Crippen molar-refractivity contribution in [3.05, 3.63) is 89.5 Å². The van der Waals surface area contributed by atoms with Gasteiger partial charge >= 0.3 is 0 Å². The van der Waals surface area contributed by atoms with Crippen LogP contribution in [0.4, 0.5) is 0 Å². The molecule has 6 aromatic rings. The van der Waals surface area contributed by atoms with Crippen LogP contribution in [0.5, 0.6) is 11.5 Å². The van der Waals surface area contributed by atoms with Gasteiger partial charge in [-0.3, -0.25) is 19.4 Å². The molecule has 0 unspecified atom stereocenters. The number of nitrogens with zero attached hydrogens (tertiary/aromatic N) is 4. The number of hydrogen-bond acceptors (Lipinski definition) is 12. The molecule has 0 saturated carbocycles. The predicted molar refractivity (Wildman–Crippen MR) is 217 cm³/mol. The minimum Gasteiger partial charge on any atom is -0.507 e. The van der Waals surface area contributed by atoms with Crippen LogP contribution in [0.1, 0.15) is 84.4 Å². The number of piperidine rings is 2. The van der Waals surface area contributed by atoms with Crippen molar-refractivity contribution in [1.29, 1.82) is 0 Å². The summed E-state index contributed by atoms with van der Waals surface area (Å²) in [6, 6.07) is 3.56. The minimum absolute atomic E-state index is 0.0832. The van der Waals surface area contributed by atoms with E-state index in [1.54, 1.807) is 24.5 Å². The normalized spacial score (nSPS) is 15.5. The number of aromatic nitrogens is 2. The van der Waals surface area contributed by atoms with Crippen molar-refractivity contribution in [1.82, 2.24) is 19.8 Å². The molecule has 2 aliphatic heterocycles. The van der Waals surface area contributed by atoms with Gasteiger partial charge in [0, 0.05) is 35.2 Å². The van der Waals surface area contributed by atoms with Gasteiger partial charge in [0.2, 0.25) is 10.9 Å². The van der Waals surface area contributed by atoms with Crippen LogP contribution in [0.25, 0.3) is 43.1 Å². The molecular weight excluding hydrogens is 721 g/mol. The molecule has 10 nitrogen and oxygen atoms in total. The average molecular weight is 769 g/mol. The molecule has 0 amide bonds. The van der Waals surface area contributed by atoms with Crippen molar-refractivity contribution in [3.63, 3.8) is 0 Å². The van der Waals surface area contributed by atoms with Crippen LogP contribution < -0.4 is 10.9 Å². The number of phenols is 2. The molecule has 2 aromatic carbocycles. The summed E-state index contributed by atoms with van der Waals surface area (Å²) in [5.41, 5.74) is 4.82. The Morgan fingerprint density at radius 1 is 0.648 bits per heavy atom. The van der Waals surface area contributed by atoms with E-state index in [1.165, 1.54) is 73.7 Å². The van der Waals surface area contributed by atoms with Crippen molar-refractivity contribution in [2.45, 2.75) is 92.2 Å². The van der Waals surface area contributed by atoms with Gasteiger partial charge in [-0.2, -0.15) is 0 Å². The highest BCUT2D eigenvalue weighted by molar-refractivity contribution is 7.15. The molecule has 284 valence electrons. The second kappa shape index (κ2) is 16.6. The summed E-state index contributed by atoms with van der Waals surface area (Å²) in [7, 11) is 0. The van der Waals surface area contributed by atoms with E-state index in [-0.39, 0.29) is 22.4 Å². The van der Waals surface area contributed by atoms with E-state index in [2.05, 4.69) is 19.8 Å². The summed E-state index contributed by atoms with van der Waals surface area (Å²) in [5, 5.41) is 24.0. The Morgan fingerprint density at radius 3 is 1.37 bits per heavy atom. The second-order valence-corrected chi connectivity index (χ2v) is 16.8. The standard InChI is InChI=1S/2C21H24N2O3S/c2*1-3-14-9-15-19(25)17(21-22-10-13(2)27-21)12-26-20(15)16(18(14)24)11-23-7-5-4-6-8-23/h2*9-10,12,24H,3-8,11H2,1-2H3. The third-order valence-corrected chi connectivity index (χ3v) is 12.4. The molecule has 0 radical (unpaired) electrons. The zero-order valence-corrected chi connectivity index (χ0v) is 33.1. The molecule has 0 aliphatic carbocycles. The molecular formula is C42H48N4O6S2. The maximum absolute atomic E-state index is 13.2. The molecule has 2 aliphatic rings. The molecule has 2 N–H and O–H groups in total. The maximum atomic E-state index is 13.2. The first-order valence-electron chi connectivity index (χ1n) is 19.1. The molecule has 6 heterocycles. The van der Waals surface area contributed by atoms with E-state index >= 15 is 0 Å². The number of fused-ring (bicyclic) bond motifs is 2. The van der Waals surface area contributed by atoms with E-state index in [1.807, 2.05) is 27.7 Å². The lowest BCUT2D eigenvalue weighted by Crippen LogP contribution is -2.29. The lowest BCUT2D eigenvalue weighted by Gasteiger charge is -2.27. The quantitative estimate of drug-likeness (QED) is 0.155. The maximum Gasteiger partial charge on any atom is 0.202 e. The van der Waals surface area contributed by atoms with Crippen molar-refractivity contribution >= 4 is 44.6 Å². The minimum atomic E-state index is -0.0832. The number of likely N-dealkylation sites (tertiary alicyclic amines) is 2. The molecule has 2 fully saturated rings. The van der Waals surface area contributed by atoms with Crippen molar-refractivity contribution in [3.8, 4) is 32.6 Å². The molecule has 0 bridgehead atoms. The smallest absolute Gasteiger partial charge is 0.202 e. The third-order valence-electron chi connectivity index (χ3n) is 10.5. The lowest BCUT2D eigenvalue weighted by atomic mass is 10.00. The highest BCUT2D eigenvalue weighted by Gasteiger charge is 2.24. The van der Waals surface area contributed by atoms with Crippen LogP contribution in [-0.4, -0.2) is 56.2 Å². The first-order chi connectivity index (χ1) is 26.2. The summed E-state index contributed by atoms with van der Waals surface area (Å²) in [5.74, 6) is 0.521. The Hall–Kier alpha value is -4.36. The SMILES string of the molecule is CCc1cc2c(=O)c(-c3ncc(C)s3)coc2c(CN2CCCCC2)c1O.CCc1cc2c(=O)c(-c3ncc(C)s3)coc2c(CN2CCCCC2)c1O. The third kappa shape index (κ3) is 7.75. The van der Waals surface area contributed by atoms with Gasteiger partial charge in [-0.05, 0) is 102 Å². The Morgan fingerprint density at radius 2 is 1.04 bits per heavy atom. The average Bonchev–Trinajstić information content (AvgIpc) is 3.82. The van der Waals surface area contributed by atoms with E-state index in [0.717, 1.165) is 58.2 Å². The predicted octanol–water partition coefficient (Wildman–Crippen LogP) is 8.96. The van der Waals surface area contributed by atoms with Crippen molar-refractivity contribution < 1.29 is 19.0 Å². The fourth-order valence-corrected chi connectivity index (χ4v) is 9.08. The number of rotatable bonds is 8. The molecule has 8 rings (SSSR count). The van der Waals surface area contributed by atoms with E-state index in [9.17, 15) is 19.8 Å². The van der Waals surface area contributed by atoms with Crippen LogP contribution in [0.3, 0.4) is 0 Å². The number of benzene rings is 2. The Bertz CT molecular complexity index is 2230. The lowest BCUT2D eigenvalue weighted by molar-refractivity contribution is 0.218. The van der Waals surface area contributed by atoms with Gasteiger partial charge in [0.25, 0.3) is 0 Å².